The Morgan fingerprint density at radius 2 is 2.14 bits per heavy atom. The lowest BCUT2D eigenvalue weighted by Gasteiger charge is -2.20. The van der Waals surface area contributed by atoms with E-state index in [1.807, 2.05) is 24.3 Å². The number of ether oxygens (including phenoxy) is 1. The van der Waals surface area contributed by atoms with Crippen molar-refractivity contribution in [2.45, 2.75) is 25.4 Å². The quantitative estimate of drug-likeness (QED) is 0.870. The van der Waals surface area contributed by atoms with Crippen LogP contribution in [0, 0.1) is 0 Å². The second-order valence-corrected chi connectivity index (χ2v) is 6.62. The molecular weight excluding hydrogens is 306 g/mol. The molecule has 1 atom stereocenters. The van der Waals surface area contributed by atoms with E-state index in [0.717, 1.165) is 34.7 Å². The van der Waals surface area contributed by atoms with Gasteiger partial charge in [-0.1, -0.05) is 23.4 Å². The van der Waals surface area contributed by atoms with Crippen LogP contribution in [-0.2, 0) is 4.74 Å². The maximum Gasteiger partial charge on any atom is 0.282 e. The van der Waals surface area contributed by atoms with Gasteiger partial charge in [-0.05, 0) is 44.0 Å². The zero-order chi connectivity index (χ0) is 14.7. The van der Waals surface area contributed by atoms with E-state index in [9.17, 15) is 0 Å². The average Bonchev–Trinajstić information content (AvgIpc) is 2.70. The summed E-state index contributed by atoms with van der Waals surface area (Å²) in [5.41, 5.74) is 0.391. The Hall–Kier alpha value is -1.04. The van der Waals surface area contributed by atoms with Crippen LogP contribution >= 0.6 is 23.4 Å². The number of benzene rings is 1. The summed E-state index contributed by atoms with van der Waals surface area (Å²) in [5, 5.41) is 5.15. The highest BCUT2D eigenvalue weighted by Gasteiger charge is 2.47. The molecule has 0 radical (unpaired) electrons. The van der Waals surface area contributed by atoms with Gasteiger partial charge >= 0.3 is 0 Å². The molecule has 2 aliphatic rings. The van der Waals surface area contributed by atoms with Crippen molar-refractivity contribution in [2.75, 3.05) is 19.0 Å². The van der Waals surface area contributed by atoms with Crippen molar-refractivity contribution in [2.24, 2.45) is 4.99 Å². The van der Waals surface area contributed by atoms with Crippen molar-refractivity contribution in [3.63, 3.8) is 0 Å². The molecule has 0 spiro atoms. The fourth-order valence-corrected chi connectivity index (χ4v) is 3.57. The van der Waals surface area contributed by atoms with Crippen molar-refractivity contribution in [1.29, 1.82) is 0 Å². The summed E-state index contributed by atoms with van der Waals surface area (Å²) < 4.78 is 5.99. The molecule has 0 bridgehead atoms. The third-order valence-electron chi connectivity index (χ3n) is 3.69. The van der Waals surface area contributed by atoms with Crippen molar-refractivity contribution < 1.29 is 9.73 Å². The van der Waals surface area contributed by atoms with E-state index in [0.29, 0.717) is 5.94 Å². The lowest BCUT2D eigenvalue weighted by atomic mass is 10.1. The lowest BCUT2D eigenvalue weighted by Crippen LogP contribution is -2.80. The van der Waals surface area contributed by atoms with Gasteiger partial charge in [0.15, 0.2) is 0 Å². The molecule has 0 aromatic heterocycles. The van der Waals surface area contributed by atoms with Gasteiger partial charge in [0, 0.05) is 5.02 Å². The van der Waals surface area contributed by atoms with Crippen LogP contribution < -0.4 is 10.3 Å². The first kappa shape index (κ1) is 14.9. The summed E-state index contributed by atoms with van der Waals surface area (Å²) in [6.45, 7) is 4.02. The smallest absolute Gasteiger partial charge is 0.282 e. The highest BCUT2D eigenvalue weighted by atomic mass is 35.5. The zero-order valence-corrected chi connectivity index (χ0v) is 13.6. The SMILES string of the molecule is CC1(C2=[NH+]CCCCN2)OCSC1=Nc1ccc(Cl)cc1. The van der Waals surface area contributed by atoms with Gasteiger partial charge in [0.25, 0.3) is 5.84 Å². The van der Waals surface area contributed by atoms with E-state index in [4.69, 9.17) is 21.3 Å². The molecule has 2 heterocycles. The summed E-state index contributed by atoms with van der Waals surface area (Å²) in [7, 11) is 0. The Kier molecular flexibility index (Phi) is 4.52. The molecule has 1 aromatic carbocycles. The fourth-order valence-electron chi connectivity index (χ4n) is 2.43. The number of nitrogens with zero attached hydrogens (tertiary/aromatic N) is 1. The van der Waals surface area contributed by atoms with Crippen LogP contribution in [0.5, 0.6) is 0 Å². The third kappa shape index (κ3) is 3.25. The average molecular weight is 325 g/mol. The maximum absolute atomic E-state index is 5.99. The third-order valence-corrected chi connectivity index (χ3v) is 4.93. The number of halogens is 1. The molecule has 112 valence electrons. The Bertz CT molecular complexity index is 573. The molecular formula is C15H19ClN3OS+. The molecule has 1 unspecified atom stereocenters. The molecule has 4 nitrogen and oxygen atoms in total. The van der Waals surface area contributed by atoms with E-state index >= 15 is 0 Å². The molecule has 2 N–H and O–H groups in total. The van der Waals surface area contributed by atoms with Gasteiger partial charge in [0.2, 0.25) is 5.60 Å². The van der Waals surface area contributed by atoms with Gasteiger partial charge in [-0.2, -0.15) is 0 Å². The molecule has 0 aliphatic carbocycles. The highest BCUT2D eigenvalue weighted by Crippen LogP contribution is 2.32. The zero-order valence-electron chi connectivity index (χ0n) is 12.0. The standard InChI is InChI=1S/C15H18ClN3OS/c1-15(13-17-8-2-3-9-18-13)14(21-10-20-15)19-12-6-4-11(16)5-7-12/h4-7H,2-3,8-10H2,1H3,(H,17,18)/p+1. The van der Waals surface area contributed by atoms with E-state index in [1.165, 1.54) is 12.8 Å². The minimum Gasteiger partial charge on any atom is -0.345 e. The van der Waals surface area contributed by atoms with Crippen molar-refractivity contribution in [1.82, 2.24) is 5.32 Å². The Morgan fingerprint density at radius 3 is 2.95 bits per heavy atom. The molecule has 0 saturated carbocycles. The number of hydrogen-bond acceptors (Lipinski definition) is 4. The minimum atomic E-state index is -0.505. The van der Waals surface area contributed by atoms with E-state index in [1.54, 1.807) is 11.8 Å². The summed E-state index contributed by atoms with van der Waals surface area (Å²) in [6.07, 6.45) is 2.34. The van der Waals surface area contributed by atoms with Crippen LogP contribution in [0.15, 0.2) is 29.3 Å². The fraction of sp³-hybridized carbons (Fsp3) is 0.467. The number of amidine groups is 1. The molecule has 0 amide bonds. The van der Waals surface area contributed by atoms with Gasteiger partial charge in [-0.3, -0.25) is 10.3 Å². The Labute approximate surface area is 134 Å². The first-order valence-electron chi connectivity index (χ1n) is 7.15. The van der Waals surface area contributed by atoms with Gasteiger partial charge in [0.1, 0.15) is 11.0 Å². The largest absolute Gasteiger partial charge is 0.345 e. The van der Waals surface area contributed by atoms with Crippen LogP contribution in [0.2, 0.25) is 5.02 Å². The van der Waals surface area contributed by atoms with Gasteiger partial charge in [-0.15, -0.1) is 0 Å². The van der Waals surface area contributed by atoms with Gasteiger partial charge in [0.05, 0.1) is 18.8 Å². The normalized spacial score (nSPS) is 28.1. The van der Waals surface area contributed by atoms with E-state index < -0.39 is 5.60 Å². The number of aliphatic imine (C=N–C) groups is 1. The number of rotatable bonds is 2. The van der Waals surface area contributed by atoms with Crippen LogP contribution in [0.4, 0.5) is 5.69 Å². The molecule has 21 heavy (non-hydrogen) atoms. The Morgan fingerprint density at radius 1 is 1.33 bits per heavy atom. The Balaban J connectivity index is 1.90. The van der Waals surface area contributed by atoms with Crippen LogP contribution in [0.1, 0.15) is 19.8 Å². The van der Waals surface area contributed by atoms with E-state index in [2.05, 4.69) is 17.2 Å². The van der Waals surface area contributed by atoms with Crippen molar-refractivity contribution >= 4 is 39.9 Å². The minimum absolute atomic E-state index is 0.505. The lowest BCUT2D eigenvalue weighted by molar-refractivity contribution is -0.462. The topological polar surface area (TPSA) is 47.6 Å². The number of hydrogen-bond donors (Lipinski definition) is 2. The van der Waals surface area contributed by atoms with Gasteiger partial charge < -0.3 is 4.74 Å². The predicted octanol–water partition coefficient (Wildman–Crippen LogP) is 1.71. The predicted molar refractivity (Wildman–Crippen MR) is 88.6 cm³/mol. The molecule has 6 heteroatoms. The second-order valence-electron chi connectivity index (χ2n) is 5.27. The van der Waals surface area contributed by atoms with Crippen molar-refractivity contribution in [3.8, 4) is 0 Å². The molecule has 3 rings (SSSR count). The molecule has 1 aromatic rings. The number of nitrogens with one attached hydrogen (secondary N) is 2. The molecule has 1 saturated heterocycles. The van der Waals surface area contributed by atoms with Crippen LogP contribution in [0.3, 0.4) is 0 Å². The summed E-state index contributed by atoms with van der Waals surface area (Å²) in [5.74, 6) is 1.65. The summed E-state index contributed by atoms with van der Waals surface area (Å²) in [4.78, 5) is 8.21. The first-order valence-corrected chi connectivity index (χ1v) is 8.51. The molecule has 1 fully saturated rings. The van der Waals surface area contributed by atoms with Gasteiger partial charge in [-0.25, -0.2) is 4.99 Å². The van der Waals surface area contributed by atoms with Crippen LogP contribution in [0.25, 0.3) is 0 Å². The molecule has 2 aliphatic heterocycles. The summed E-state index contributed by atoms with van der Waals surface area (Å²) >= 11 is 7.56. The second kappa shape index (κ2) is 6.38. The first-order chi connectivity index (χ1) is 10.2. The van der Waals surface area contributed by atoms with Crippen LogP contribution in [-0.4, -0.2) is 35.5 Å². The highest BCUT2D eigenvalue weighted by molar-refractivity contribution is 8.14. The van der Waals surface area contributed by atoms with E-state index in [-0.39, 0.29) is 0 Å². The number of thioether (sulfide) groups is 1. The maximum atomic E-state index is 5.99. The summed E-state index contributed by atoms with van der Waals surface area (Å²) in [6, 6.07) is 7.56. The van der Waals surface area contributed by atoms with Crippen molar-refractivity contribution in [3.05, 3.63) is 29.3 Å². The monoisotopic (exact) mass is 324 g/mol.